The molecule has 132 valence electrons. The van der Waals surface area contributed by atoms with E-state index in [9.17, 15) is 14.7 Å². The highest BCUT2D eigenvalue weighted by molar-refractivity contribution is 6.21. The van der Waals surface area contributed by atoms with Crippen LogP contribution in [-0.4, -0.2) is 33.7 Å². The van der Waals surface area contributed by atoms with Crippen LogP contribution in [0.25, 0.3) is 22.7 Å². The first kappa shape index (κ1) is 17.2. The number of H-pyrrole nitrogens is 1. The summed E-state index contributed by atoms with van der Waals surface area (Å²) in [4.78, 5) is 30.5. The number of aromatic nitrogens is 2. The molecule has 7 nitrogen and oxygen atoms in total. The van der Waals surface area contributed by atoms with Gasteiger partial charge in [0.2, 0.25) is 0 Å². The summed E-state index contributed by atoms with van der Waals surface area (Å²) in [6, 6.07) is 10.6. The zero-order valence-corrected chi connectivity index (χ0v) is 14.0. The van der Waals surface area contributed by atoms with Gasteiger partial charge in [0.1, 0.15) is 5.65 Å². The fourth-order valence-electron chi connectivity index (χ4n) is 2.54. The molecular formula is C19H17N3O4. The number of pyridine rings is 1. The lowest BCUT2D eigenvalue weighted by Gasteiger charge is -2.05. The van der Waals surface area contributed by atoms with Gasteiger partial charge >= 0.3 is 12.1 Å². The summed E-state index contributed by atoms with van der Waals surface area (Å²) in [5.41, 5.74) is 2.46. The van der Waals surface area contributed by atoms with Gasteiger partial charge in [0.05, 0.1) is 24.1 Å². The van der Waals surface area contributed by atoms with Crippen molar-refractivity contribution in [1.82, 2.24) is 9.97 Å². The minimum absolute atomic E-state index is 0.162. The number of carbonyl (C=O) groups is 2. The largest absolute Gasteiger partial charge is 0.478 e. The number of amides is 1. The summed E-state index contributed by atoms with van der Waals surface area (Å²) < 4.78 is 4.85. The number of carboxylic acid groups (broad SMARTS) is 1. The number of nitrogens with zero attached hydrogens (tertiary/aromatic N) is 1. The minimum atomic E-state index is -1.03. The lowest BCUT2D eigenvalue weighted by atomic mass is 10.0. The van der Waals surface area contributed by atoms with E-state index in [1.165, 1.54) is 6.20 Å². The van der Waals surface area contributed by atoms with Gasteiger partial charge in [-0.15, -0.1) is 0 Å². The summed E-state index contributed by atoms with van der Waals surface area (Å²) >= 11 is 0. The van der Waals surface area contributed by atoms with Crippen molar-refractivity contribution in [3.63, 3.8) is 0 Å². The number of anilines is 1. The van der Waals surface area contributed by atoms with E-state index in [-0.39, 0.29) is 12.2 Å². The van der Waals surface area contributed by atoms with Gasteiger partial charge in [-0.05, 0) is 24.6 Å². The minimum Gasteiger partial charge on any atom is -0.478 e. The van der Waals surface area contributed by atoms with Crippen LogP contribution in [0, 0.1) is 0 Å². The first-order valence-corrected chi connectivity index (χ1v) is 7.99. The summed E-state index contributed by atoms with van der Waals surface area (Å²) in [7, 11) is 0. The van der Waals surface area contributed by atoms with E-state index >= 15 is 0 Å². The quantitative estimate of drug-likeness (QED) is 0.607. The van der Waals surface area contributed by atoms with E-state index in [2.05, 4.69) is 15.3 Å². The van der Waals surface area contributed by atoms with Crippen LogP contribution in [0.3, 0.4) is 0 Å². The van der Waals surface area contributed by atoms with E-state index in [4.69, 9.17) is 4.74 Å². The number of nitrogens with one attached hydrogen (secondary N) is 2. The molecule has 0 fully saturated rings. The Morgan fingerprint density at radius 2 is 2.08 bits per heavy atom. The first-order valence-electron chi connectivity index (χ1n) is 7.99. The van der Waals surface area contributed by atoms with E-state index in [0.717, 1.165) is 0 Å². The monoisotopic (exact) mass is 351 g/mol. The zero-order valence-electron chi connectivity index (χ0n) is 14.0. The number of hydrogen-bond acceptors (Lipinski definition) is 4. The third-order valence-corrected chi connectivity index (χ3v) is 3.70. The third-order valence-electron chi connectivity index (χ3n) is 3.70. The molecule has 1 aromatic carbocycles. The van der Waals surface area contributed by atoms with Crippen molar-refractivity contribution >= 4 is 40.4 Å². The maximum absolute atomic E-state index is 11.7. The number of aliphatic carboxylic acids is 1. The van der Waals surface area contributed by atoms with Gasteiger partial charge in [-0.2, -0.15) is 0 Å². The number of aromatic amines is 1. The second-order valence-corrected chi connectivity index (χ2v) is 5.44. The molecule has 0 saturated carbocycles. The molecule has 0 unspecified atom stereocenters. The lowest BCUT2D eigenvalue weighted by molar-refractivity contribution is -0.130. The number of benzene rings is 1. The number of carboxylic acids is 1. The topological polar surface area (TPSA) is 104 Å². The average Bonchev–Trinajstić information content (AvgIpc) is 3.02. The summed E-state index contributed by atoms with van der Waals surface area (Å²) in [6.45, 7) is 1.98. The van der Waals surface area contributed by atoms with Gasteiger partial charge in [-0.1, -0.05) is 30.3 Å². The Hall–Kier alpha value is -3.61. The fraction of sp³-hybridized carbons (Fsp3) is 0.105. The Balaban J connectivity index is 2.01. The van der Waals surface area contributed by atoms with Crippen LogP contribution in [-0.2, 0) is 9.53 Å². The second-order valence-electron chi connectivity index (χ2n) is 5.44. The van der Waals surface area contributed by atoms with Crippen LogP contribution in [0.2, 0.25) is 0 Å². The molecule has 3 rings (SSSR count). The molecule has 0 radical (unpaired) electrons. The molecule has 0 aliphatic carbocycles. The van der Waals surface area contributed by atoms with Crippen molar-refractivity contribution in [2.24, 2.45) is 0 Å². The molecule has 1 amide bonds. The van der Waals surface area contributed by atoms with Crippen LogP contribution in [0.4, 0.5) is 10.5 Å². The number of carbonyl (C=O) groups excluding carboxylic acids is 1. The van der Waals surface area contributed by atoms with Gasteiger partial charge in [0.25, 0.3) is 0 Å². The molecule has 0 saturated heterocycles. The Morgan fingerprint density at radius 1 is 1.31 bits per heavy atom. The fourth-order valence-corrected chi connectivity index (χ4v) is 2.54. The van der Waals surface area contributed by atoms with Gasteiger partial charge < -0.3 is 14.8 Å². The van der Waals surface area contributed by atoms with Crippen LogP contribution in [0.1, 0.15) is 18.1 Å². The zero-order chi connectivity index (χ0) is 18.5. The summed E-state index contributed by atoms with van der Waals surface area (Å²) in [6.07, 6.45) is 4.18. The highest BCUT2D eigenvalue weighted by Gasteiger charge is 2.13. The van der Waals surface area contributed by atoms with Crippen molar-refractivity contribution in [2.75, 3.05) is 11.9 Å². The predicted molar refractivity (Wildman–Crippen MR) is 98.7 cm³/mol. The van der Waals surface area contributed by atoms with Gasteiger partial charge in [0, 0.05) is 17.1 Å². The summed E-state index contributed by atoms with van der Waals surface area (Å²) in [5.74, 6) is -1.03. The molecule has 3 N–H and O–H groups in total. The highest BCUT2D eigenvalue weighted by Crippen LogP contribution is 2.25. The van der Waals surface area contributed by atoms with Crippen LogP contribution >= 0.6 is 0 Å². The van der Waals surface area contributed by atoms with Gasteiger partial charge in [-0.3, -0.25) is 5.32 Å². The molecule has 0 aliphatic rings. The highest BCUT2D eigenvalue weighted by atomic mass is 16.5. The molecule has 3 aromatic rings. The first-order chi connectivity index (χ1) is 12.6. The van der Waals surface area contributed by atoms with Crippen molar-refractivity contribution in [3.8, 4) is 0 Å². The van der Waals surface area contributed by atoms with Gasteiger partial charge in [-0.25, -0.2) is 14.6 Å². The molecule has 2 heterocycles. The second kappa shape index (κ2) is 7.52. The van der Waals surface area contributed by atoms with Crippen molar-refractivity contribution < 1.29 is 19.4 Å². The molecular weight excluding hydrogens is 334 g/mol. The number of rotatable bonds is 5. The third kappa shape index (κ3) is 3.72. The SMILES string of the molecule is CCOC(=O)Nc1cnc2[nH]cc(/C=C(/C(=O)O)c3ccccc3)c2c1. The van der Waals surface area contributed by atoms with Crippen molar-refractivity contribution in [2.45, 2.75) is 6.92 Å². The van der Waals surface area contributed by atoms with E-state index in [1.54, 1.807) is 49.5 Å². The number of ether oxygens (including phenoxy) is 1. The van der Waals surface area contributed by atoms with Crippen molar-refractivity contribution in [1.29, 1.82) is 0 Å². The Morgan fingerprint density at radius 3 is 2.77 bits per heavy atom. The molecule has 7 heteroatoms. The maximum atomic E-state index is 11.7. The smallest absolute Gasteiger partial charge is 0.411 e. The van der Waals surface area contributed by atoms with E-state index in [1.807, 2.05) is 6.07 Å². The van der Waals surface area contributed by atoms with E-state index in [0.29, 0.717) is 27.8 Å². The number of hydrogen-bond donors (Lipinski definition) is 3. The normalized spacial score (nSPS) is 11.3. The van der Waals surface area contributed by atoms with E-state index < -0.39 is 12.1 Å². The standard InChI is InChI=1S/C19H17N3O4/c1-2-26-19(25)22-14-9-15-13(10-20-17(15)21-11-14)8-16(18(23)24)12-6-4-3-5-7-12/h3-11H,2H2,1H3,(H,20,21)(H,22,25)(H,23,24)/b16-8+. The summed E-state index contributed by atoms with van der Waals surface area (Å²) in [5, 5.41) is 12.8. The van der Waals surface area contributed by atoms with Crippen LogP contribution < -0.4 is 5.32 Å². The Bertz CT molecular complexity index is 977. The van der Waals surface area contributed by atoms with Gasteiger partial charge in [0.15, 0.2) is 0 Å². The molecule has 0 bridgehead atoms. The predicted octanol–water partition coefficient (Wildman–Crippen LogP) is 3.76. The maximum Gasteiger partial charge on any atom is 0.411 e. The van der Waals surface area contributed by atoms with Crippen LogP contribution in [0.5, 0.6) is 0 Å². The Labute approximate surface area is 149 Å². The molecule has 0 spiro atoms. The molecule has 0 aliphatic heterocycles. The molecule has 26 heavy (non-hydrogen) atoms. The number of fused-ring (bicyclic) bond motifs is 1. The molecule has 2 aromatic heterocycles. The lowest BCUT2D eigenvalue weighted by Crippen LogP contribution is -2.13. The average molecular weight is 351 g/mol. The van der Waals surface area contributed by atoms with Crippen molar-refractivity contribution in [3.05, 3.63) is 59.9 Å². The Kier molecular flexibility index (Phi) is 4.98. The van der Waals surface area contributed by atoms with Crippen LogP contribution in [0.15, 0.2) is 48.8 Å². The molecule has 0 atom stereocenters.